The van der Waals surface area contributed by atoms with Crippen molar-refractivity contribution >= 4 is 72.9 Å². The smallest absolute Gasteiger partial charge is 0.469 e. The monoisotopic (exact) mass is 1030 g/mol. The summed E-state index contributed by atoms with van der Waals surface area (Å²) < 4.78 is 15.9. The summed E-state index contributed by atoms with van der Waals surface area (Å²) in [6.07, 6.45) is 1.16. The molecule has 0 aliphatic heterocycles. The molecule has 0 rings (SSSR count). The summed E-state index contributed by atoms with van der Waals surface area (Å²) in [5.74, 6) is -12.5. The molecule has 30 nitrogen and oxygen atoms in total. The SMILES string of the molecule is CC(C)[C@H](NC(=O)[C@@H](N)CCCCN)C(=O)N[C@@H](COP(=O)(O)O)C(=O)N[C@@H](CO)C(=O)N[C@@H](C)C(=O)N[C@@H](CCC(=O)O)C(=O)NCC(=O)N[C@@H](C)C(=O)N[C@@H](C)C(=O)N[C@@H](CCCCN)C(=O)O. The number of carboxylic acid groups (broad SMARTS) is 2. The van der Waals surface area contributed by atoms with Crippen LogP contribution in [0.5, 0.6) is 0 Å². The van der Waals surface area contributed by atoms with E-state index in [0.717, 1.165) is 6.92 Å². The lowest BCUT2D eigenvalue weighted by Crippen LogP contribution is -2.61. The van der Waals surface area contributed by atoms with Gasteiger partial charge in [0.05, 0.1) is 25.8 Å². The van der Waals surface area contributed by atoms with Crippen LogP contribution in [0.1, 0.15) is 86.0 Å². The van der Waals surface area contributed by atoms with E-state index in [0.29, 0.717) is 38.8 Å². The van der Waals surface area contributed by atoms with Crippen molar-refractivity contribution in [1.82, 2.24) is 47.9 Å². The molecule has 20 N–H and O–H groups in total. The highest BCUT2D eigenvalue weighted by Gasteiger charge is 2.35. The second-order valence-electron chi connectivity index (χ2n) is 16.4. The molecule has 0 aromatic heterocycles. The van der Waals surface area contributed by atoms with Crippen molar-refractivity contribution in [2.75, 3.05) is 32.8 Å². The maximum Gasteiger partial charge on any atom is 0.469 e. The average molecular weight is 1030 g/mol. The van der Waals surface area contributed by atoms with Gasteiger partial charge in [0.1, 0.15) is 48.3 Å². The number of amides is 9. The van der Waals surface area contributed by atoms with Crippen LogP contribution in [0.15, 0.2) is 0 Å². The molecule has 0 heterocycles. The molecular formula is C39H71N12O18P. The van der Waals surface area contributed by atoms with Crippen molar-refractivity contribution in [2.45, 2.75) is 140 Å². The summed E-state index contributed by atoms with van der Waals surface area (Å²) in [5.41, 5.74) is 16.8. The summed E-state index contributed by atoms with van der Waals surface area (Å²) in [7, 11) is -5.27. The van der Waals surface area contributed by atoms with Crippen LogP contribution in [0.4, 0.5) is 0 Å². The Morgan fingerprint density at radius 2 is 1.01 bits per heavy atom. The molecule has 0 aliphatic carbocycles. The van der Waals surface area contributed by atoms with Crippen LogP contribution >= 0.6 is 7.82 Å². The highest BCUT2D eigenvalue weighted by atomic mass is 31.2. The first-order valence-corrected chi connectivity index (χ1v) is 23.7. The van der Waals surface area contributed by atoms with Crippen LogP contribution in [0.25, 0.3) is 0 Å². The number of phosphoric ester groups is 1. The largest absolute Gasteiger partial charge is 0.481 e. The fourth-order valence-corrected chi connectivity index (χ4v) is 6.17. The maximum atomic E-state index is 13.3. The number of aliphatic hydroxyl groups excluding tert-OH is 1. The first kappa shape index (κ1) is 64.1. The molecule has 9 amide bonds. The molecule has 9 atom stereocenters. The Hall–Kier alpha value is -5.88. The quantitative estimate of drug-likeness (QED) is 0.0207. The van der Waals surface area contributed by atoms with Gasteiger partial charge in [-0.2, -0.15) is 0 Å². The molecule has 0 spiro atoms. The van der Waals surface area contributed by atoms with Crippen molar-refractivity contribution in [3.63, 3.8) is 0 Å². The van der Waals surface area contributed by atoms with Gasteiger partial charge in [-0.1, -0.05) is 20.3 Å². The van der Waals surface area contributed by atoms with Crippen LogP contribution in [0, 0.1) is 5.92 Å². The zero-order valence-corrected chi connectivity index (χ0v) is 40.6. The van der Waals surface area contributed by atoms with E-state index in [9.17, 15) is 82.4 Å². The van der Waals surface area contributed by atoms with Crippen molar-refractivity contribution < 1.29 is 86.9 Å². The zero-order chi connectivity index (χ0) is 53.9. The lowest BCUT2D eigenvalue weighted by atomic mass is 10.0. The molecule has 0 saturated heterocycles. The Labute approximate surface area is 403 Å². The summed E-state index contributed by atoms with van der Waals surface area (Å²) in [6, 6.07) is -13.2. The van der Waals surface area contributed by atoms with E-state index >= 15 is 0 Å². The standard InChI is InChI=1S/C39H71N12O18P/c1-19(2)30(51-34(59)23(42)10-6-8-14-40)38(63)50-27(18-69-70(66,67)68)37(62)49-26(17-52)36(61)46-22(5)32(57)47-24(12-13-29(54)55)35(60)43-16-28(53)44-20(3)31(56)45-21(4)33(58)48-25(39(64)65)11-7-9-15-41/h19-27,30,52H,6-18,40-42H2,1-5H3,(H,43,60)(H,44,53)(H,45,56)(H,46,61)(H,47,57)(H,48,58)(H,49,62)(H,50,63)(H,51,59)(H,54,55)(H,64,65)(H2,66,67,68)/t20-,21-,22-,23-,24-,25-,26-,27-,30-/m0/s1. The number of nitrogens with one attached hydrogen (secondary N) is 9. The fraction of sp³-hybridized carbons (Fsp3) is 0.718. The Kier molecular flexibility index (Phi) is 30.1. The van der Waals surface area contributed by atoms with Gasteiger partial charge in [-0.3, -0.25) is 52.5 Å². The number of unbranched alkanes of at least 4 members (excludes halogenated alkanes) is 2. The van der Waals surface area contributed by atoms with Crippen LogP contribution in [-0.4, -0.2) is 177 Å². The minimum Gasteiger partial charge on any atom is -0.481 e. The predicted octanol–water partition coefficient (Wildman–Crippen LogP) is -6.67. The van der Waals surface area contributed by atoms with E-state index in [1.54, 1.807) is 0 Å². The molecule has 0 aromatic rings. The topological polar surface area (TPSA) is 502 Å². The second kappa shape index (κ2) is 32.8. The number of phosphoric acid groups is 1. The number of aliphatic carboxylic acids is 2. The molecule has 0 fully saturated rings. The van der Waals surface area contributed by atoms with Gasteiger partial charge in [0, 0.05) is 6.42 Å². The average Bonchev–Trinajstić information content (AvgIpc) is 3.27. The highest BCUT2D eigenvalue weighted by molar-refractivity contribution is 7.46. The van der Waals surface area contributed by atoms with Crippen LogP contribution < -0.4 is 65.1 Å². The number of hydrogen-bond acceptors (Lipinski definition) is 17. The summed E-state index contributed by atoms with van der Waals surface area (Å²) in [6.45, 7) is 4.21. The van der Waals surface area contributed by atoms with E-state index in [1.165, 1.54) is 27.7 Å². The number of aliphatic hydroxyl groups is 1. The highest BCUT2D eigenvalue weighted by Crippen LogP contribution is 2.35. The van der Waals surface area contributed by atoms with Crippen LogP contribution in [0.2, 0.25) is 0 Å². The van der Waals surface area contributed by atoms with Crippen molar-refractivity contribution in [3.8, 4) is 0 Å². The van der Waals surface area contributed by atoms with E-state index in [4.69, 9.17) is 17.2 Å². The van der Waals surface area contributed by atoms with E-state index in [2.05, 4.69) is 47.1 Å². The van der Waals surface area contributed by atoms with Crippen LogP contribution in [-0.2, 0) is 61.8 Å². The van der Waals surface area contributed by atoms with Crippen molar-refractivity contribution in [1.29, 1.82) is 0 Å². The molecule has 0 aliphatic rings. The second-order valence-corrected chi connectivity index (χ2v) is 17.6. The normalized spacial score (nSPS) is 15.1. The minimum atomic E-state index is -5.27. The van der Waals surface area contributed by atoms with E-state index < -0.39 is 166 Å². The number of carbonyl (C=O) groups excluding carboxylic acids is 9. The first-order valence-electron chi connectivity index (χ1n) is 22.2. The third kappa shape index (κ3) is 26.2. The third-order valence-corrected chi connectivity index (χ3v) is 10.4. The van der Waals surface area contributed by atoms with Gasteiger partial charge in [-0.05, 0) is 78.3 Å². The Balaban J connectivity index is 5.73. The Bertz CT molecular complexity index is 1860. The van der Waals surface area contributed by atoms with Gasteiger partial charge in [0.2, 0.25) is 53.2 Å². The van der Waals surface area contributed by atoms with Gasteiger partial charge >= 0.3 is 19.8 Å². The number of carbonyl (C=O) groups is 11. The maximum absolute atomic E-state index is 13.3. The lowest BCUT2D eigenvalue weighted by molar-refractivity contribution is -0.142. The van der Waals surface area contributed by atoms with Gasteiger partial charge in [0.25, 0.3) is 0 Å². The number of rotatable bonds is 35. The number of nitrogens with two attached hydrogens (primary N) is 3. The molecule has 0 bridgehead atoms. The van der Waals surface area contributed by atoms with Gasteiger partial charge in [-0.15, -0.1) is 0 Å². The molecule has 0 radical (unpaired) electrons. The summed E-state index contributed by atoms with van der Waals surface area (Å²) in [5, 5.41) is 48.7. The first-order chi connectivity index (χ1) is 32.6. The van der Waals surface area contributed by atoms with Gasteiger partial charge in [-0.25, -0.2) is 9.36 Å². The molecular weight excluding hydrogens is 955 g/mol. The Morgan fingerprint density at radius 3 is 1.51 bits per heavy atom. The number of hydrogen-bond donors (Lipinski definition) is 17. The summed E-state index contributed by atoms with van der Waals surface area (Å²) >= 11 is 0. The zero-order valence-electron chi connectivity index (χ0n) is 39.7. The molecule has 70 heavy (non-hydrogen) atoms. The molecule has 0 saturated carbocycles. The minimum absolute atomic E-state index is 0.0928. The van der Waals surface area contributed by atoms with E-state index in [1.807, 2.05) is 5.32 Å². The molecule has 0 unspecified atom stereocenters. The lowest BCUT2D eigenvalue weighted by Gasteiger charge is -2.27. The molecule has 31 heteroatoms. The number of carboxylic acids is 2. The molecule has 0 aromatic carbocycles. The van der Waals surface area contributed by atoms with Crippen LogP contribution in [0.3, 0.4) is 0 Å². The third-order valence-electron chi connectivity index (χ3n) is 9.95. The van der Waals surface area contributed by atoms with Gasteiger partial charge < -0.3 is 90.2 Å². The molecule has 400 valence electrons. The fourth-order valence-electron chi connectivity index (χ4n) is 5.83. The summed E-state index contributed by atoms with van der Waals surface area (Å²) in [4.78, 5) is 158. The van der Waals surface area contributed by atoms with Crippen molar-refractivity contribution in [2.24, 2.45) is 23.1 Å². The Morgan fingerprint density at radius 1 is 0.543 bits per heavy atom. The van der Waals surface area contributed by atoms with Crippen molar-refractivity contribution in [3.05, 3.63) is 0 Å². The predicted molar refractivity (Wildman–Crippen MR) is 244 cm³/mol. The van der Waals surface area contributed by atoms with Gasteiger partial charge in [0.15, 0.2) is 0 Å². The van der Waals surface area contributed by atoms with E-state index in [-0.39, 0.29) is 12.8 Å².